The first-order chi connectivity index (χ1) is 7.08. The van der Waals surface area contributed by atoms with Gasteiger partial charge in [0, 0.05) is 25.0 Å². The molecule has 2 nitrogen and oxygen atoms in total. The van der Waals surface area contributed by atoms with E-state index in [1.807, 2.05) is 0 Å². The number of benzene rings is 1. The predicted octanol–water partition coefficient (Wildman–Crippen LogP) is 1.82. The third-order valence-electron chi connectivity index (χ3n) is 2.76. The van der Waals surface area contributed by atoms with E-state index in [0.29, 0.717) is 6.54 Å². The summed E-state index contributed by atoms with van der Waals surface area (Å²) in [5.41, 5.74) is 8.40. The summed E-state index contributed by atoms with van der Waals surface area (Å²) in [6, 6.07) is 8.56. The fourth-order valence-corrected chi connectivity index (χ4v) is 1.93. The lowest BCUT2D eigenvalue weighted by Crippen LogP contribution is -2.36. The molecule has 2 heteroatoms. The summed E-state index contributed by atoms with van der Waals surface area (Å²) in [5.74, 6) is 0. The molecule has 1 aromatic carbocycles. The topological polar surface area (TPSA) is 38.0 Å². The van der Waals surface area contributed by atoms with E-state index in [4.69, 9.17) is 5.73 Å². The lowest BCUT2D eigenvalue weighted by molar-refractivity contribution is 0.471. The highest BCUT2D eigenvalue weighted by Crippen LogP contribution is 2.25. The summed E-state index contributed by atoms with van der Waals surface area (Å²) in [4.78, 5) is 0. The van der Waals surface area contributed by atoms with Crippen molar-refractivity contribution >= 4 is 0 Å². The quantitative estimate of drug-likeness (QED) is 0.721. The maximum atomic E-state index is 5.46. The molecule has 15 heavy (non-hydrogen) atoms. The number of hydrogen-bond acceptors (Lipinski definition) is 2. The molecule has 0 aliphatic carbocycles. The molecule has 0 amide bonds. The van der Waals surface area contributed by atoms with E-state index < -0.39 is 0 Å². The Morgan fingerprint density at radius 1 is 1.27 bits per heavy atom. The second-order valence-corrected chi connectivity index (χ2v) is 4.66. The zero-order valence-electron chi connectivity index (χ0n) is 10.0. The second kappa shape index (κ2) is 5.29. The van der Waals surface area contributed by atoms with Gasteiger partial charge < -0.3 is 11.1 Å². The van der Waals surface area contributed by atoms with Crippen molar-refractivity contribution in [3.05, 3.63) is 35.4 Å². The van der Waals surface area contributed by atoms with Gasteiger partial charge >= 0.3 is 0 Å². The van der Waals surface area contributed by atoms with Crippen molar-refractivity contribution in [2.45, 2.75) is 26.2 Å². The Bertz CT molecular complexity index is 305. The summed E-state index contributed by atoms with van der Waals surface area (Å²) in [7, 11) is 0. The van der Waals surface area contributed by atoms with Gasteiger partial charge in [0.2, 0.25) is 0 Å². The van der Waals surface area contributed by atoms with Gasteiger partial charge in [-0.25, -0.2) is 0 Å². The average molecular weight is 206 g/mol. The monoisotopic (exact) mass is 206 g/mol. The summed E-state index contributed by atoms with van der Waals surface area (Å²) < 4.78 is 0. The summed E-state index contributed by atoms with van der Waals surface area (Å²) in [5, 5.41) is 3.38. The van der Waals surface area contributed by atoms with Crippen LogP contribution in [0, 0.1) is 6.92 Å². The average Bonchev–Trinajstić information content (AvgIpc) is 2.18. The number of rotatable bonds is 5. The Balaban J connectivity index is 2.72. The first kappa shape index (κ1) is 12.2. The Morgan fingerprint density at radius 3 is 2.53 bits per heavy atom. The molecule has 0 aliphatic rings. The van der Waals surface area contributed by atoms with Crippen LogP contribution in [0.3, 0.4) is 0 Å². The lowest BCUT2D eigenvalue weighted by Gasteiger charge is -2.27. The maximum absolute atomic E-state index is 5.46. The van der Waals surface area contributed by atoms with Gasteiger partial charge in [0.25, 0.3) is 0 Å². The Hall–Kier alpha value is -0.860. The fourth-order valence-electron chi connectivity index (χ4n) is 1.93. The number of aryl methyl sites for hydroxylation is 1. The molecule has 3 N–H and O–H groups in total. The van der Waals surface area contributed by atoms with Crippen LogP contribution in [0.5, 0.6) is 0 Å². The van der Waals surface area contributed by atoms with Gasteiger partial charge in [-0.3, -0.25) is 0 Å². The van der Waals surface area contributed by atoms with Crippen LogP contribution in [0.4, 0.5) is 0 Å². The van der Waals surface area contributed by atoms with E-state index >= 15 is 0 Å². The second-order valence-electron chi connectivity index (χ2n) is 4.66. The largest absolute Gasteiger partial charge is 0.329 e. The molecule has 1 rings (SSSR count). The maximum Gasteiger partial charge on any atom is 0.00748 e. The molecule has 0 heterocycles. The summed E-state index contributed by atoms with van der Waals surface area (Å²) >= 11 is 0. The van der Waals surface area contributed by atoms with Crippen molar-refractivity contribution in [3.63, 3.8) is 0 Å². The molecule has 84 valence electrons. The fraction of sp³-hybridized carbons (Fsp3) is 0.538. The number of nitrogens with one attached hydrogen (secondary N) is 1. The molecule has 0 fully saturated rings. The smallest absolute Gasteiger partial charge is 0.00748 e. The third-order valence-corrected chi connectivity index (χ3v) is 2.76. The van der Waals surface area contributed by atoms with Gasteiger partial charge in [-0.2, -0.15) is 0 Å². The Kier molecular flexibility index (Phi) is 4.30. The molecule has 0 saturated carbocycles. The first-order valence-corrected chi connectivity index (χ1v) is 5.55. The molecule has 0 spiro atoms. The normalized spacial score (nSPS) is 11.7. The zero-order chi connectivity index (χ0) is 11.3. The molecular weight excluding hydrogens is 184 g/mol. The molecule has 0 bridgehead atoms. The van der Waals surface area contributed by atoms with Crippen molar-refractivity contribution in [1.29, 1.82) is 0 Å². The van der Waals surface area contributed by atoms with E-state index in [2.05, 4.69) is 50.4 Å². The van der Waals surface area contributed by atoms with Crippen molar-refractivity contribution in [1.82, 2.24) is 5.32 Å². The van der Waals surface area contributed by atoms with Gasteiger partial charge in [-0.15, -0.1) is 0 Å². The van der Waals surface area contributed by atoms with Gasteiger partial charge in [0.1, 0.15) is 0 Å². The van der Waals surface area contributed by atoms with Crippen LogP contribution in [-0.4, -0.2) is 19.6 Å². The minimum absolute atomic E-state index is 0.167. The van der Waals surface area contributed by atoms with Crippen LogP contribution in [0.1, 0.15) is 25.0 Å². The summed E-state index contributed by atoms with van der Waals surface area (Å²) in [6.45, 7) is 9.24. The van der Waals surface area contributed by atoms with E-state index in [1.165, 1.54) is 11.1 Å². The van der Waals surface area contributed by atoms with Crippen molar-refractivity contribution < 1.29 is 0 Å². The highest BCUT2D eigenvalue weighted by molar-refractivity contribution is 5.32. The molecule has 0 unspecified atom stereocenters. The first-order valence-electron chi connectivity index (χ1n) is 5.55. The van der Waals surface area contributed by atoms with Gasteiger partial charge in [-0.05, 0) is 18.1 Å². The molecular formula is C13H22N2. The molecule has 0 aromatic heterocycles. The van der Waals surface area contributed by atoms with Crippen LogP contribution in [0.15, 0.2) is 24.3 Å². The van der Waals surface area contributed by atoms with Crippen LogP contribution >= 0.6 is 0 Å². The van der Waals surface area contributed by atoms with E-state index in [1.54, 1.807) is 0 Å². The lowest BCUT2D eigenvalue weighted by atomic mass is 9.82. The molecule has 0 radical (unpaired) electrons. The summed E-state index contributed by atoms with van der Waals surface area (Å²) in [6.07, 6.45) is 0. The van der Waals surface area contributed by atoms with E-state index in [-0.39, 0.29) is 5.41 Å². The minimum atomic E-state index is 0.167. The van der Waals surface area contributed by atoms with Gasteiger partial charge in [-0.1, -0.05) is 38.1 Å². The van der Waals surface area contributed by atoms with Crippen molar-refractivity contribution in [2.75, 3.05) is 19.6 Å². The van der Waals surface area contributed by atoms with Crippen molar-refractivity contribution in [2.24, 2.45) is 5.73 Å². The highest BCUT2D eigenvalue weighted by Gasteiger charge is 2.21. The highest BCUT2D eigenvalue weighted by atomic mass is 14.9. The zero-order valence-corrected chi connectivity index (χ0v) is 10.0. The van der Waals surface area contributed by atoms with Crippen LogP contribution in [0.2, 0.25) is 0 Å². The molecule has 0 aliphatic heterocycles. The minimum Gasteiger partial charge on any atom is -0.329 e. The third kappa shape index (κ3) is 3.33. The molecule has 0 atom stereocenters. The predicted molar refractivity (Wildman–Crippen MR) is 66.1 cm³/mol. The van der Waals surface area contributed by atoms with Crippen LogP contribution < -0.4 is 11.1 Å². The van der Waals surface area contributed by atoms with E-state index in [9.17, 15) is 0 Å². The Morgan fingerprint density at radius 2 is 1.93 bits per heavy atom. The Labute approximate surface area is 92.9 Å². The van der Waals surface area contributed by atoms with Crippen molar-refractivity contribution in [3.8, 4) is 0 Å². The van der Waals surface area contributed by atoms with Gasteiger partial charge in [0.05, 0.1) is 0 Å². The van der Waals surface area contributed by atoms with Crippen LogP contribution in [0.25, 0.3) is 0 Å². The standard InChI is InChI=1S/C13H22N2/c1-11-6-4-5-7-12(11)13(2,3)10-15-9-8-14/h4-7,15H,8-10,14H2,1-3H3. The van der Waals surface area contributed by atoms with Gasteiger partial charge in [0.15, 0.2) is 0 Å². The number of hydrogen-bond donors (Lipinski definition) is 2. The molecule has 1 aromatic rings. The van der Waals surface area contributed by atoms with Crippen LogP contribution in [-0.2, 0) is 5.41 Å². The molecule has 0 saturated heterocycles. The van der Waals surface area contributed by atoms with E-state index in [0.717, 1.165) is 13.1 Å². The number of nitrogens with two attached hydrogens (primary N) is 1. The SMILES string of the molecule is Cc1ccccc1C(C)(C)CNCCN.